The molecule has 5 nitrogen and oxygen atoms in total. The van der Waals surface area contributed by atoms with E-state index in [4.69, 9.17) is 11.6 Å². The third kappa shape index (κ3) is 4.41. The Bertz CT molecular complexity index is 756. The molecule has 1 heterocycles. The molecule has 0 aliphatic heterocycles. The highest BCUT2D eigenvalue weighted by Crippen LogP contribution is 2.37. The standard InChI is InChI=1S/C20H22ClN3O2/c21-16-6-4-15(5-7-16)18(25)23-14-20(10-2-1-3-11-20)19(26)24-17-8-12-22-13-9-17/h4-9,12-13H,1-3,10-11,14H2,(H,23,25)(H,22,24,26). The average molecular weight is 372 g/mol. The van der Waals surface area contributed by atoms with Crippen LogP contribution in [0.5, 0.6) is 0 Å². The van der Waals surface area contributed by atoms with Gasteiger partial charge in [-0.1, -0.05) is 30.9 Å². The molecular formula is C20H22ClN3O2. The molecule has 6 heteroatoms. The van der Waals surface area contributed by atoms with Gasteiger partial charge in [-0.15, -0.1) is 0 Å². The highest BCUT2D eigenvalue weighted by atomic mass is 35.5. The quantitative estimate of drug-likeness (QED) is 0.832. The minimum absolute atomic E-state index is 0.0418. The molecule has 1 fully saturated rings. The number of nitrogens with one attached hydrogen (secondary N) is 2. The van der Waals surface area contributed by atoms with Crippen LogP contribution in [-0.2, 0) is 4.79 Å². The van der Waals surface area contributed by atoms with Crippen molar-refractivity contribution < 1.29 is 9.59 Å². The summed E-state index contributed by atoms with van der Waals surface area (Å²) in [6, 6.07) is 10.3. The summed E-state index contributed by atoms with van der Waals surface area (Å²) in [7, 11) is 0. The van der Waals surface area contributed by atoms with Gasteiger partial charge in [-0.2, -0.15) is 0 Å². The van der Waals surface area contributed by atoms with Crippen LogP contribution in [0.1, 0.15) is 42.5 Å². The molecule has 2 aromatic rings. The Labute approximate surface area is 158 Å². The fourth-order valence-electron chi connectivity index (χ4n) is 3.36. The number of halogens is 1. The first-order chi connectivity index (χ1) is 12.6. The van der Waals surface area contributed by atoms with Crippen molar-refractivity contribution in [1.29, 1.82) is 0 Å². The molecule has 1 aromatic carbocycles. The summed E-state index contributed by atoms with van der Waals surface area (Å²) in [6.45, 7) is 0.325. The first-order valence-corrected chi connectivity index (χ1v) is 9.22. The molecule has 1 aromatic heterocycles. The number of benzene rings is 1. The summed E-state index contributed by atoms with van der Waals surface area (Å²) in [5.41, 5.74) is 0.678. The van der Waals surface area contributed by atoms with Crippen LogP contribution in [0, 0.1) is 5.41 Å². The monoisotopic (exact) mass is 371 g/mol. The van der Waals surface area contributed by atoms with E-state index in [0.29, 0.717) is 17.1 Å². The zero-order valence-electron chi connectivity index (χ0n) is 14.5. The van der Waals surface area contributed by atoms with Gasteiger partial charge in [0.25, 0.3) is 5.91 Å². The number of pyridine rings is 1. The van der Waals surface area contributed by atoms with Gasteiger partial charge in [-0.3, -0.25) is 14.6 Å². The van der Waals surface area contributed by atoms with Gasteiger partial charge in [-0.25, -0.2) is 0 Å². The summed E-state index contributed by atoms with van der Waals surface area (Å²) < 4.78 is 0. The molecule has 1 saturated carbocycles. The zero-order valence-corrected chi connectivity index (χ0v) is 15.3. The Balaban J connectivity index is 1.69. The molecule has 2 N–H and O–H groups in total. The third-order valence-electron chi connectivity index (χ3n) is 4.92. The van der Waals surface area contributed by atoms with Gasteiger partial charge in [0.15, 0.2) is 0 Å². The maximum atomic E-state index is 13.0. The summed E-state index contributed by atoms with van der Waals surface area (Å²) in [5.74, 6) is -0.233. The van der Waals surface area contributed by atoms with Gasteiger partial charge in [-0.05, 0) is 49.2 Å². The van der Waals surface area contributed by atoms with Crippen LogP contribution in [0.25, 0.3) is 0 Å². The number of aromatic nitrogens is 1. The Morgan fingerprint density at radius 3 is 2.31 bits per heavy atom. The molecule has 0 unspecified atom stereocenters. The number of hydrogen-bond donors (Lipinski definition) is 2. The Morgan fingerprint density at radius 1 is 1.00 bits per heavy atom. The number of carbonyl (C=O) groups excluding carboxylic acids is 2. The van der Waals surface area contributed by atoms with E-state index in [2.05, 4.69) is 15.6 Å². The van der Waals surface area contributed by atoms with Gasteiger partial charge in [0.2, 0.25) is 5.91 Å². The van der Waals surface area contributed by atoms with Crippen LogP contribution in [-0.4, -0.2) is 23.3 Å². The molecule has 2 amide bonds. The maximum Gasteiger partial charge on any atom is 0.251 e. The van der Waals surface area contributed by atoms with Crippen molar-refractivity contribution in [3.63, 3.8) is 0 Å². The predicted octanol–water partition coefficient (Wildman–Crippen LogP) is 4.05. The molecule has 1 aliphatic carbocycles. The van der Waals surface area contributed by atoms with Crippen molar-refractivity contribution in [3.05, 3.63) is 59.4 Å². The second-order valence-corrected chi connectivity index (χ2v) is 7.16. The Morgan fingerprint density at radius 2 is 1.65 bits per heavy atom. The van der Waals surface area contributed by atoms with E-state index in [1.54, 1.807) is 48.8 Å². The number of hydrogen-bond acceptors (Lipinski definition) is 3. The number of amides is 2. The molecular weight excluding hydrogens is 350 g/mol. The van der Waals surface area contributed by atoms with Gasteiger partial charge < -0.3 is 10.6 Å². The van der Waals surface area contributed by atoms with Crippen LogP contribution in [0.15, 0.2) is 48.8 Å². The summed E-state index contributed by atoms with van der Waals surface area (Å²) >= 11 is 5.87. The third-order valence-corrected chi connectivity index (χ3v) is 5.18. The lowest BCUT2D eigenvalue weighted by molar-refractivity contribution is -0.127. The smallest absolute Gasteiger partial charge is 0.251 e. The fourth-order valence-corrected chi connectivity index (χ4v) is 3.49. The van der Waals surface area contributed by atoms with Crippen molar-refractivity contribution in [2.75, 3.05) is 11.9 Å². The molecule has 136 valence electrons. The van der Waals surface area contributed by atoms with Gasteiger partial charge in [0.1, 0.15) is 0 Å². The highest BCUT2D eigenvalue weighted by molar-refractivity contribution is 6.30. The first-order valence-electron chi connectivity index (χ1n) is 8.84. The van der Waals surface area contributed by atoms with Crippen molar-refractivity contribution >= 4 is 29.1 Å². The second-order valence-electron chi connectivity index (χ2n) is 6.72. The highest BCUT2D eigenvalue weighted by Gasteiger charge is 2.39. The number of carbonyl (C=O) groups is 2. The first kappa shape index (κ1) is 18.4. The van der Waals surface area contributed by atoms with Gasteiger partial charge in [0, 0.05) is 35.2 Å². The van der Waals surface area contributed by atoms with Gasteiger partial charge >= 0.3 is 0 Å². The average Bonchev–Trinajstić information content (AvgIpc) is 2.68. The Kier molecular flexibility index (Phi) is 5.89. The molecule has 0 bridgehead atoms. The maximum absolute atomic E-state index is 13.0. The van der Waals surface area contributed by atoms with E-state index in [1.807, 2.05) is 0 Å². The van der Waals surface area contributed by atoms with Crippen LogP contribution in [0.2, 0.25) is 5.02 Å². The largest absolute Gasteiger partial charge is 0.351 e. The predicted molar refractivity (Wildman–Crippen MR) is 102 cm³/mol. The second kappa shape index (κ2) is 8.32. The van der Waals surface area contributed by atoms with Crippen molar-refractivity contribution in [2.45, 2.75) is 32.1 Å². The van der Waals surface area contributed by atoms with Crippen LogP contribution < -0.4 is 10.6 Å². The van der Waals surface area contributed by atoms with E-state index >= 15 is 0 Å². The van der Waals surface area contributed by atoms with E-state index in [9.17, 15) is 9.59 Å². The van der Waals surface area contributed by atoms with E-state index in [-0.39, 0.29) is 11.8 Å². The minimum Gasteiger partial charge on any atom is -0.351 e. The van der Waals surface area contributed by atoms with Crippen molar-refractivity contribution in [1.82, 2.24) is 10.3 Å². The molecule has 26 heavy (non-hydrogen) atoms. The lowest BCUT2D eigenvalue weighted by Gasteiger charge is -2.36. The van der Waals surface area contributed by atoms with Crippen LogP contribution in [0.3, 0.4) is 0 Å². The molecule has 0 atom stereocenters. The van der Waals surface area contributed by atoms with E-state index in [0.717, 1.165) is 37.8 Å². The SMILES string of the molecule is O=C(NCC1(C(=O)Nc2ccncc2)CCCCC1)c1ccc(Cl)cc1. The molecule has 3 rings (SSSR count). The molecule has 1 aliphatic rings. The fraction of sp³-hybridized carbons (Fsp3) is 0.350. The lowest BCUT2D eigenvalue weighted by Crippen LogP contribution is -2.47. The topological polar surface area (TPSA) is 71.1 Å². The lowest BCUT2D eigenvalue weighted by atomic mass is 9.73. The summed E-state index contributed by atoms with van der Waals surface area (Å²) in [6.07, 6.45) is 7.92. The van der Waals surface area contributed by atoms with E-state index < -0.39 is 5.41 Å². The molecule has 0 radical (unpaired) electrons. The van der Waals surface area contributed by atoms with Gasteiger partial charge in [0.05, 0.1) is 5.41 Å². The zero-order chi connectivity index (χ0) is 18.4. The van der Waals surface area contributed by atoms with Crippen molar-refractivity contribution in [2.24, 2.45) is 5.41 Å². The minimum atomic E-state index is -0.580. The van der Waals surface area contributed by atoms with Crippen LogP contribution >= 0.6 is 11.6 Å². The number of rotatable bonds is 5. The Hall–Kier alpha value is -2.40. The summed E-state index contributed by atoms with van der Waals surface area (Å²) in [5, 5.41) is 6.50. The summed E-state index contributed by atoms with van der Waals surface area (Å²) in [4.78, 5) is 29.4. The molecule has 0 spiro atoms. The van der Waals surface area contributed by atoms with Crippen molar-refractivity contribution in [3.8, 4) is 0 Å². The number of nitrogens with zero attached hydrogens (tertiary/aromatic N) is 1. The number of anilines is 1. The molecule has 0 saturated heterocycles. The normalized spacial score (nSPS) is 15.9. The van der Waals surface area contributed by atoms with Crippen LogP contribution in [0.4, 0.5) is 5.69 Å². The van der Waals surface area contributed by atoms with E-state index in [1.165, 1.54) is 0 Å².